The van der Waals surface area contributed by atoms with E-state index < -0.39 is 0 Å². The minimum absolute atomic E-state index is 0.137. The van der Waals surface area contributed by atoms with Gasteiger partial charge in [-0.15, -0.1) is 0 Å². The van der Waals surface area contributed by atoms with E-state index in [1.54, 1.807) is 14.2 Å². The van der Waals surface area contributed by atoms with Crippen molar-refractivity contribution in [2.45, 2.75) is 32.2 Å². The van der Waals surface area contributed by atoms with Gasteiger partial charge in [-0.1, -0.05) is 13.0 Å². The first kappa shape index (κ1) is 16.6. The zero-order valence-corrected chi connectivity index (χ0v) is 13.7. The highest BCUT2D eigenvalue weighted by molar-refractivity contribution is 5.81. The molecule has 0 radical (unpaired) electrons. The Kier molecular flexibility index (Phi) is 6.07. The zero-order chi connectivity index (χ0) is 15.9. The van der Waals surface area contributed by atoms with Crippen molar-refractivity contribution < 1.29 is 14.3 Å². The third-order valence-electron chi connectivity index (χ3n) is 4.12. The van der Waals surface area contributed by atoms with Crippen LogP contribution in [0.5, 0.6) is 11.5 Å². The van der Waals surface area contributed by atoms with Crippen molar-refractivity contribution in [3.63, 3.8) is 0 Å². The Hall–Kier alpha value is -1.75. The van der Waals surface area contributed by atoms with Gasteiger partial charge in [0.15, 0.2) is 0 Å². The van der Waals surface area contributed by atoms with Crippen LogP contribution in [0.2, 0.25) is 0 Å². The van der Waals surface area contributed by atoms with Gasteiger partial charge in [0.05, 0.1) is 20.6 Å². The molecule has 1 saturated heterocycles. The van der Waals surface area contributed by atoms with E-state index in [1.165, 1.54) is 0 Å². The summed E-state index contributed by atoms with van der Waals surface area (Å²) < 4.78 is 10.8. The lowest BCUT2D eigenvalue weighted by atomic mass is 10.1. The predicted molar refractivity (Wildman–Crippen MR) is 86.5 cm³/mol. The summed E-state index contributed by atoms with van der Waals surface area (Å²) in [6, 6.07) is 5.91. The van der Waals surface area contributed by atoms with Crippen LogP contribution >= 0.6 is 0 Å². The molecule has 1 fully saturated rings. The van der Waals surface area contributed by atoms with Crippen LogP contribution in [0.4, 0.5) is 0 Å². The lowest BCUT2D eigenvalue weighted by Gasteiger charge is -2.28. The molecule has 5 nitrogen and oxygen atoms in total. The molecule has 1 N–H and O–H groups in total. The van der Waals surface area contributed by atoms with E-state index in [2.05, 4.69) is 12.2 Å². The second-order valence-electron chi connectivity index (χ2n) is 5.55. The Morgan fingerprint density at radius 1 is 1.32 bits per heavy atom. The molecule has 0 bridgehead atoms. The quantitative estimate of drug-likeness (QED) is 0.835. The average molecular weight is 306 g/mol. The Bertz CT molecular complexity index is 476. The van der Waals surface area contributed by atoms with E-state index in [4.69, 9.17) is 9.47 Å². The third kappa shape index (κ3) is 3.71. The number of carbonyl (C=O) groups is 1. The van der Waals surface area contributed by atoms with Crippen molar-refractivity contribution in [2.75, 3.05) is 33.9 Å². The number of nitrogens with one attached hydrogen (secondary N) is 1. The maximum Gasteiger partial charge on any atom is 0.227 e. The second kappa shape index (κ2) is 8.03. The van der Waals surface area contributed by atoms with Gasteiger partial charge in [0.2, 0.25) is 5.91 Å². The smallest absolute Gasteiger partial charge is 0.227 e. The Morgan fingerprint density at radius 2 is 2.00 bits per heavy atom. The summed E-state index contributed by atoms with van der Waals surface area (Å²) in [5.41, 5.74) is 0.824. The number of hydrogen-bond acceptors (Lipinski definition) is 4. The summed E-state index contributed by atoms with van der Waals surface area (Å²) in [4.78, 5) is 14.8. The number of hydrogen-bond donors (Lipinski definition) is 1. The first-order valence-electron chi connectivity index (χ1n) is 7.91. The van der Waals surface area contributed by atoms with Crippen LogP contribution in [-0.4, -0.2) is 50.7 Å². The number of ether oxygens (including phenoxy) is 2. The minimum atomic E-state index is 0.137. The molecule has 1 aliphatic rings. The Labute approximate surface area is 132 Å². The van der Waals surface area contributed by atoms with Gasteiger partial charge in [-0.25, -0.2) is 0 Å². The monoisotopic (exact) mass is 306 g/mol. The summed E-state index contributed by atoms with van der Waals surface area (Å²) in [5.74, 6) is 1.54. The van der Waals surface area contributed by atoms with Crippen LogP contribution in [0.15, 0.2) is 18.2 Å². The second-order valence-corrected chi connectivity index (χ2v) is 5.55. The molecule has 1 unspecified atom stereocenters. The fourth-order valence-electron chi connectivity index (χ4n) is 3.01. The number of rotatable bonds is 7. The van der Waals surface area contributed by atoms with Gasteiger partial charge >= 0.3 is 0 Å². The van der Waals surface area contributed by atoms with Crippen molar-refractivity contribution in [1.82, 2.24) is 10.2 Å². The first-order chi connectivity index (χ1) is 10.7. The largest absolute Gasteiger partial charge is 0.496 e. The van der Waals surface area contributed by atoms with Crippen LogP contribution in [-0.2, 0) is 11.2 Å². The van der Waals surface area contributed by atoms with Crippen LogP contribution in [0.25, 0.3) is 0 Å². The lowest BCUT2D eigenvalue weighted by Crippen LogP contribution is -2.42. The van der Waals surface area contributed by atoms with Gasteiger partial charge in [-0.3, -0.25) is 4.79 Å². The van der Waals surface area contributed by atoms with Gasteiger partial charge < -0.3 is 19.7 Å². The molecule has 1 aliphatic heterocycles. The van der Waals surface area contributed by atoms with Crippen molar-refractivity contribution in [1.29, 1.82) is 0 Å². The molecule has 22 heavy (non-hydrogen) atoms. The molecule has 0 aliphatic carbocycles. The summed E-state index contributed by atoms with van der Waals surface area (Å²) >= 11 is 0. The fraction of sp³-hybridized carbons (Fsp3) is 0.588. The average Bonchev–Trinajstić information content (AvgIpc) is 3.06. The fourth-order valence-corrected chi connectivity index (χ4v) is 3.01. The van der Waals surface area contributed by atoms with Crippen molar-refractivity contribution >= 4 is 5.91 Å². The van der Waals surface area contributed by atoms with Gasteiger partial charge in [0.1, 0.15) is 11.5 Å². The van der Waals surface area contributed by atoms with Crippen LogP contribution in [0.1, 0.15) is 25.3 Å². The summed E-state index contributed by atoms with van der Waals surface area (Å²) in [6.45, 7) is 4.76. The molecule has 1 aromatic rings. The maximum atomic E-state index is 12.8. The highest BCUT2D eigenvalue weighted by Gasteiger charge is 2.27. The molecule has 0 saturated carbocycles. The maximum absolute atomic E-state index is 12.8. The van der Waals surface area contributed by atoms with Gasteiger partial charge in [-0.2, -0.15) is 0 Å². The zero-order valence-electron chi connectivity index (χ0n) is 13.7. The van der Waals surface area contributed by atoms with Gasteiger partial charge in [0, 0.05) is 24.7 Å². The topological polar surface area (TPSA) is 50.8 Å². The number of nitrogens with zero attached hydrogens (tertiary/aromatic N) is 1. The van der Waals surface area contributed by atoms with Crippen LogP contribution < -0.4 is 14.8 Å². The molecule has 1 amide bonds. The lowest BCUT2D eigenvalue weighted by molar-refractivity contribution is -0.132. The summed E-state index contributed by atoms with van der Waals surface area (Å²) in [7, 11) is 3.24. The van der Waals surface area contributed by atoms with E-state index in [-0.39, 0.29) is 5.91 Å². The number of amides is 1. The SMILES string of the molecule is CCCN(C(=O)Cc1c(OC)cccc1OC)C1CCNC1. The van der Waals surface area contributed by atoms with E-state index in [0.717, 1.165) is 38.0 Å². The molecule has 1 aromatic carbocycles. The molecule has 0 aromatic heterocycles. The van der Waals surface area contributed by atoms with E-state index in [1.807, 2.05) is 23.1 Å². The number of benzene rings is 1. The van der Waals surface area contributed by atoms with Crippen LogP contribution in [0, 0.1) is 0 Å². The van der Waals surface area contributed by atoms with E-state index in [0.29, 0.717) is 24.0 Å². The molecule has 122 valence electrons. The molecular weight excluding hydrogens is 280 g/mol. The molecule has 0 spiro atoms. The highest BCUT2D eigenvalue weighted by Crippen LogP contribution is 2.29. The van der Waals surface area contributed by atoms with E-state index >= 15 is 0 Å². The van der Waals surface area contributed by atoms with Gasteiger partial charge in [0.25, 0.3) is 0 Å². The van der Waals surface area contributed by atoms with Crippen molar-refractivity contribution in [2.24, 2.45) is 0 Å². The van der Waals surface area contributed by atoms with Gasteiger partial charge in [-0.05, 0) is 31.5 Å². The molecule has 1 heterocycles. The molecule has 5 heteroatoms. The number of carbonyl (C=O) groups excluding carboxylic acids is 1. The molecule has 2 rings (SSSR count). The van der Waals surface area contributed by atoms with Crippen LogP contribution in [0.3, 0.4) is 0 Å². The highest BCUT2D eigenvalue weighted by atomic mass is 16.5. The standard InChI is InChI=1S/C17H26N2O3/c1-4-10-19(13-8-9-18-12-13)17(20)11-14-15(21-2)6-5-7-16(14)22-3/h5-7,13,18H,4,8-12H2,1-3H3. The Morgan fingerprint density at radius 3 is 2.50 bits per heavy atom. The summed E-state index contributed by atoms with van der Waals surface area (Å²) in [6.07, 6.45) is 2.30. The normalized spacial score (nSPS) is 17.3. The van der Waals surface area contributed by atoms with Crippen molar-refractivity contribution in [3.05, 3.63) is 23.8 Å². The van der Waals surface area contributed by atoms with Crippen molar-refractivity contribution in [3.8, 4) is 11.5 Å². The third-order valence-corrected chi connectivity index (χ3v) is 4.12. The predicted octanol–water partition coefficient (Wildman–Crippen LogP) is 1.85. The molecule has 1 atom stereocenters. The minimum Gasteiger partial charge on any atom is -0.496 e. The summed E-state index contributed by atoms with van der Waals surface area (Å²) in [5, 5.41) is 3.33. The van der Waals surface area contributed by atoms with E-state index in [9.17, 15) is 4.79 Å². The Balaban J connectivity index is 2.18. The molecular formula is C17H26N2O3. The first-order valence-corrected chi connectivity index (χ1v) is 7.91. The number of methoxy groups -OCH3 is 2.